The molecule has 1 fully saturated rings. The maximum atomic E-state index is 14.1. The number of allylic oxidation sites excluding steroid dienone is 3. The van der Waals surface area contributed by atoms with E-state index in [1.165, 1.54) is 11.8 Å². The first-order chi connectivity index (χ1) is 17.9. The van der Waals surface area contributed by atoms with Gasteiger partial charge in [0.05, 0.1) is 24.4 Å². The molecule has 1 saturated heterocycles. The molecule has 0 radical (unpaired) electrons. The number of benzene rings is 1. The lowest BCUT2D eigenvalue weighted by atomic mass is 9.84. The summed E-state index contributed by atoms with van der Waals surface area (Å²) in [7, 11) is 3.45. The van der Waals surface area contributed by atoms with E-state index in [-0.39, 0.29) is 49.6 Å². The van der Waals surface area contributed by atoms with E-state index < -0.39 is 5.67 Å². The van der Waals surface area contributed by atoms with Crippen molar-refractivity contribution in [2.24, 2.45) is 14.1 Å². The molecule has 5 rings (SSSR count). The molecular weight excluding hydrogens is 509 g/mol. The zero-order valence-electron chi connectivity index (χ0n) is 22.0. The molecule has 1 atom stereocenters. The predicted molar refractivity (Wildman–Crippen MR) is 144 cm³/mol. The number of halogens is 2. The van der Waals surface area contributed by atoms with Gasteiger partial charge in [0.2, 0.25) is 5.91 Å². The average molecular weight is 540 g/mol. The van der Waals surface area contributed by atoms with Crippen molar-refractivity contribution in [3.05, 3.63) is 86.3 Å². The minimum Gasteiger partial charge on any atom is -0.348 e. The summed E-state index contributed by atoms with van der Waals surface area (Å²) >= 11 is 5.97. The second kappa shape index (κ2) is 9.31. The van der Waals surface area contributed by atoms with Crippen molar-refractivity contribution in [1.29, 1.82) is 0 Å². The number of alkyl halides is 1. The summed E-state index contributed by atoms with van der Waals surface area (Å²) in [5, 5.41) is 3.53. The molecule has 1 aromatic carbocycles. The summed E-state index contributed by atoms with van der Waals surface area (Å²) < 4.78 is 17.3. The van der Waals surface area contributed by atoms with Crippen molar-refractivity contribution in [3.8, 4) is 0 Å². The van der Waals surface area contributed by atoms with E-state index in [0.29, 0.717) is 28.3 Å². The van der Waals surface area contributed by atoms with Gasteiger partial charge in [0.25, 0.3) is 5.91 Å². The fourth-order valence-corrected chi connectivity index (χ4v) is 5.77. The third kappa shape index (κ3) is 4.38. The van der Waals surface area contributed by atoms with Crippen LogP contribution in [0.5, 0.6) is 0 Å². The Morgan fingerprint density at radius 1 is 1.18 bits per heavy atom. The minimum atomic E-state index is -1.39. The number of nitrogens with one attached hydrogen (secondary N) is 1. The number of hydrogen-bond donors (Lipinski definition) is 1. The molecule has 1 unspecified atom stereocenters. The first-order valence-electron chi connectivity index (χ1n) is 12.5. The molecule has 0 saturated carbocycles. The first kappa shape index (κ1) is 26.0. The van der Waals surface area contributed by atoms with Crippen molar-refractivity contribution in [2.45, 2.75) is 38.4 Å². The van der Waals surface area contributed by atoms with Gasteiger partial charge in [-0.1, -0.05) is 37.2 Å². The minimum absolute atomic E-state index is 0.000115. The second-order valence-electron chi connectivity index (χ2n) is 10.7. The summed E-state index contributed by atoms with van der Waals surface area (Å²) in [5.74, 6) is -0.591. The van der Waals surface area contributed by atoms with Crippen LogP contribution < -0.4 is 11.0 Å². The molecular formula is C28H31ClFN5O3. The van der Waals surface area contributed by atoms with Gasteiger partial charge in [-0.3, -0.25) is 18.7 Å². The highest BCUT2D eigenvalue weighted by molar-refractivity contribution is 6.30. The first-order valence-corrected chi connectivity index (χ1v) is 12.9. The zero-order chi connectivity index (χ0) is 27.5. The Bertz CT molecular complexity index is 1470. The molecule has 2 aromatic rings. The molecule has 1 N–H and O–H groups in total. The number of fused-ring (bicyclic) bond motifs is 2. The summed E-state index contributed by atoms with van der Waals surface area (Å²) in [5.41, 5.74) is 3.17. The number of carbonyl (C=O) groups excluding carboxylic acids is 2. The van der Waals surface area contributed by atoms with E-state index in [2.05, 4.69) is 11.9 Å². The lowest BCUT2D eigenvalue weighted by molar-refractivity contribution is -0.144. The Labute approximate surface area is 225 Å². The largest absolute Gasteiger partial charge is 0.348 e. The van der Waals surface area contributed by atoms with Crippen molar-refractivity contribution in [3.63, 3.8) is 0 Å². The molecule has 10 heteroatoms. The monoisotopic (exact) mass is 539 g/mol. The molecule has 0 bridgehead atoms. The predicted octanol–water partition coefficient (Wildman–Crippen LogP) is 3.24. The number of rotatable bonds is 5. The van der Waals surface area contributed by atoms with Gasteiger partial charge in [0, 0.05) is 54.2 Å². The molecule has 1 aromatic heterocycles. The number of imidazole rings is 1. The Morgan fingerprint density at radius 2 is 1.84 bits per heavy atom. The molecule has 2 aliphatic heterocycles. The van der Waals surface area contributed by atoms with Crippen LogP contribution in [0, 0.1) is 0 Å². The summed E-state index contributed by atoms with van der Waals surface area (Å²) in [4.78, 5) is 42.7. The fraction of sp³-hybridized carbons (Fsp3) is 0.393. The van der Waals surface area contributed by atoms with Crippen LogP contribution in [0.3, 0.4) is 0 Å². The fourth-order valence-electron chi connectivity index (χ4n) is 5.64. The number of amides is 2. The summed E-state index contributed by atoms with van der Waals surface area (Å²) in [6.45, 7) is 7.99. The van der Waals surface area contributed by atoms with Crippen LogP contribution in [0.15, 0.2) is 58.7 Å². The van der Waals surface area contributed by atoms with Gasteiger partial charge >= 0.3 is 5.69 Å². The SMILES string of the molecule is C=C1C(C(=O)NCc2ccc(Cl)cc2)=CC2=C(CC(C)c3c2n(C)c(=O)n3C)N1CC(=O)N1CC(C)(F)C1. The van der Waals surface area contributed by atoms with E-state index >= 15 is 0 Å². The number of hydrogen-bond acceptors (Lipinski definition) is 4. The highest BCUT2D eigenvalue weighted by Crippen LogP contribution is 2.44. The Kier molecular flexibility index (Phi) is 6.38. The van der Waals surface area contributed by atoms with Gasteiger partial charge in [-0.2, -0.15) is 0 Å². The third-order valence-electron chi connectivity index (χ3n) is 7.59. The number of carbonyl (C=O) groups is 2. The quantitative estimate of drug-likeness (QED) is 0.633. The van der Waals surface area contributed by atoms with Gasteiger partial charge in [0.1, 0.15) is 12.2 Å². The van der Waals surface area contributed by atoms with Gasteiger partial charge in [-0.25, -0.2) is 9.18 Å². The molecule has 3 aliphatic rings. The topological polar surface area (TPSA) is 79.6 Å². The van der Waals surface area contributed by atoms with E-state index in [1.807, 2.05) is 19.1 Å². The van der Waals surface area contributed by atoms with Crippen LogP contribution in [-0.2, 0) is 30.2 Å². The normalized spacial score (nSPS) is 20.0. The summed E-state index contributed by atoms with van der Waals surface area (Å²) in [6, 6.07) is 7.17. The number of aromatic nitrogens is 2. The van der Waals surface area contributed by atoms with E-state index in [1.54, 1.807) is 46.3 Å². The maximum Gasteiger partial charge on any atom is 0.328 e. The lowest BCUT2D eigenvalue weighted by Crippen LogP contribution is -2.60. The van der Waals surface area contributed by atoms with Gasteiger partial charge in [-0.05, 0) is 37.1 Å². The lowest BCUT2D eigenvalue weighted by Gasteiger charge is -2.44. The molecule has 200 valence electrons. The standard InChI is InChI=1S/C28H31ClFN5O3/c1-16-10-22-21(25-24(16)32(4)27(38)33(25)5)11-20(26(37)31-12-18-6-8-19(29)9-7-18)17(2)35(22)13-23(36)34-14-28(3,30)15-34/h6-9,11,16H,2,10,12-15H2,1,3-5H3,(H,31,37). The third-order valence-corrected chi connectivity index (χ3v) is 7.85. The van der Waals surface area contributed by atoms with E-state index in [9.17, 15) is 18.8 Å². The van der Waals surface area contributed by atoms with Crippen molar-refractivity contribution >= 4 is 29.0 Å². The second-order valence-corrected chi connectivity index (χ2v) is 11.1. The van der Waals surface area contributed by atoms with E-state index in [0.717, 1.165) is 22.6 Å². The molecule has 8 nitrogen and oxygen atoms in total. The van der Waals surface area contributed by atoms with Gasteiger partial charge in [0.15, 0.2) is 0 Å². The van der Waals surface area contributed by atoms with Gasteiger partial charge < -0.3 is 15.1 Å². The average Bonchev–Trinajstić information content (AvgIpc) is 3.08. The Hall–Kier alpha value is -3.59. The Morgan fingerprint density at radius 3 is 2.47 bits per heavy atom. The molecule has 3 heterocycles. The summed E-state index contributed by atoms with van der Waals surface area (Å²) in [6.07, 6.45) is 2.32. The van der Waals surface area contributed by atoms with Crippen molar-refractivity contribution in [2.75, 3.05) is 19.6 Å². The molecule has 0 spiro atoms. The number of nitrogens with zero attached hydrogens (tertiary/aromatic N) is 4. The molecule has 38 heavy (non-hydrogen) atoms. The maximum absolute atomic E-state index is 14.1. The highest BCUT2D eigenvalue weighted by Gasteiger charge is 2.43. The van der Waals surface area contributed by atoms with E-state index in [4.69, 9.17) is 11.6 Å². The molecule has 1 aliphatic carbocycles. The molecule has 2 amide bonds. The number of likely N-dealkylation sites (tertiary alicyclic amines) is 1. The van der Waals surface area contributed by atoms with Crippen LogP contribution in [0.1, 0.15) is 43.1 Å². The van der Waals surface area contributed by atoms with Crippen LogP contribution in [0.25, 0.3) is 5.57 Å². The zero-order valence-corrected chi connectivity index (χ0v) is 22.7. The van der Waals surface area contributed by atoms with Crippen molar-refractivity contribution < 1.29 is 14.0 Å². The van der Waals surface area contributed by atoms with Crippen LogP contribution in [0.4, 0.5) is 4.39 Å². The smallest absolute Gasteiger partial charge is 0.328 e. The highest BCUT2D eigenvalue weighted by atomic mass is 35.5. The van der Waals surface area contributed by atoms with Crippen LogP contribution in [0.2, 0.25) is 5.02 Å². The van der Waals surface area contributed by atoms with Crippen LogP contribution in [-0.4, -0.2) is 56.1 Å². The Balaban J connectivity index is 1.52. The van der Waals surface area contributed by atoms with Gasteiger partial charge in [-0.15, -0.1) is 0 Å². The van der Waals surface area contributed by atoms with Crippen LogP contribution >= 0.6 is 11.6 Å². The van der Waals surface area contributed by atoms with Crippen molar-refractivity contribution in [1.82, 2.24) is 24.3 Å².